The first kappa shape index (κ1) is 18.9. The molecule has 2 heterocycles. The lowest BCUT2D eigenvalue weighted by molar-refractivity contribution is -0.139. The van der Waals surface area contributed by atoms with Crippen LogP contribution in [0.5, 0.6) is 0 Å². The van der Waals surface area contributed by atoms with Crippen LogP contribution in [0.2, 0.25) is 0 Å². The van der Waals surface area contributed by atoms with Crippen LogP contribution in [0, 0.1) is 0 Å². The Morgan fingerprint density at radius 3 is 2.28 bits per heavy atom. The predicted octanol–water partition coefficient (Wildman–Crippen LogP) is 3.23. The predicted molar refractivity (Wildman–Crippen MR) is 98.8 cm³/mol. The maximum Gasteiger partial charge on any atom is 0.293 e. The van der Waals surface area contributed by atoms with E-state index >= 15 is 0 Å². The van der Waals surface area contributed by atoms with Crippen molar-refractivity contribution in [2.75, 3.05) is 7.05 Å². The van der Waals surface area contributed by atoms with Crippen molar-refractivity contribution in [3.8, 4) is 0 Å². The van der Waals surface area contributed by atoms with Crippen LogP contribution in [0.15, 0.2) is 34.9 Å². The summed E-state index contributed by atoms with van der Waals surface area (Å²) in [5, 5.41) is 0.931. The van der Waals surface area contributed by atoms with Crippen molar-refractivity contribution in [1.82, 2.24) is 9.88 Å². The zero-order valence-electron chi connectivity index (χ0n) is 14.4. The number of carbonyl (C=O) groups excluding carboxylic acids is 3. The number of amides is 2. The standard InChI is InChI=1S/C13H9BrN2O2.C5H10O2/c1-16-12(17)10(11(14)13(16)18)8-6-15-9-5-3-2-4-7(8)9;1-5(2,3)7-4-6/h2-6,15H,1H3;4H,1-3H3. The fourth-order valence-corrected chi connectivity index (χ4v) is 2.91. The lowest BCUT2D eigenvalue weighted by atomic mass is 10.1. The van der Waals surface area contributed by atoms with Gasteiger partial charge in [0, 0.05) is 29.7 Å². The SMILES string of the molecule is CC(C)(C)OC=O.CN1C(=O)C(Br)=C(c2c[nH]c3ccccc23)C1=O. The van der Waals surface area contributed by atoms with Gasteiger partial charge in [-0.3, -0.25) is 19.3 Å². The van der Waals surface area contributed by atoms with Gasteiger partial charge in [0.25, 0.3) is 18.3 Å². The van der Waals surface area contributed by atoms with E-state index in [0.29, 0.717) is 16.5 Å². The van der Waals surface area contributed by atoms with E-state index in [1.165, 1.54) is 7.05 Å². The number of para-hydroxylation sites is 1. The largest absolute Gasteiger partial charge is 0.462 e. The zero-order valence-corrected chi connectivity index (χ0v) is 16.0. The minimum absolute atomic E-state index is 0.281. The zero-order chi connectivity index (χ0) is 18.8. The molecule has 3 rings (SSSR count). The molecule has 1 aromatic carbocycles. The van der Waals surface area contributed by atoms with Crippen molar-refractivity contribution < 1.29 is 19.1 Å². The van der Waals surface area contributed by atoms with Gasteiger partial charge in [0.2, 0.25) is 0 Å². The third kappa shape index (κ3) is 3.99. The Hall–Kier alpha value is -2.41. The van der Waals surface area contributed by atoms with Gasteiger partial charge in [-0.1, -0.05) is 18.2 Å². The van der Waals surface area contributed by atoms with Crippen LogP contribution in [0.1, 0.15) is 26.3 Å². The number of carbonyl (C=O) groups is 3. The molecule has 25 heavy (non-hydrogen) atoms. The number of ether oxygens (including phenoxy) is 1. The van der Waals surface area contributed by atoms with Crippen LogP contribution in [0.3, 0.4) is 0 Å². The molecule has 1 N–H and O–H groups in total. The minimum Gasteiger partial charge on any atom is -0.462 e. The number of nitrogens with one attached hydrogen (secondary N) is 1. The van der Waals surface area contributed by atoms with Crippen LogP contribution >= 0.6 is 15.9 Å². The van der Waals surface area contributed by atoms with Crippen molar-refractivity contribution in [2.24, 2.45) is 0 Å². The monoisotopic (exact) mass is 406 g/mol. The highest BCUT2D eigenvalue weighted by molar-refractivity contribution is 9.12. The number of hydrogen-bond donors (Lipinski definition) is 1. The van der Waals surface area contributed by atoms with E-state index in [-0.39, 0.29) is 17.4 Å². The van der Waals surface area contributed by atoms with E-state index in [9.17, 15) is 14.4 Å². The molecule has 7 heteroatoms. The maximum absolute atomic E-state index is 12.1. The van der Waals surface area contributed by atoms with Crippen molar-refractivity contribution in [1.29, 1.82) is 0 Å². The van der Waals surface area contributed by atoms with Gasteiger partial charge in [-0.15, -0.1) is 0 Å². The highest BCUT2D eigenvalue weighted by atomic mass is 79.9. The molecule has 1 aromatic heterocycles. The number of nitrogens with zero attached hydrogens (tertiary/aromatic N) is 1. The Bertz CT molecular complexity index is 861. The number of rotatable bonds is 2. The van der Waals surface area contributed by atoms with Gasteiger partial charge >= 0.3 is 0 Å². The number of likely N-dealkylation sites (N-methyl/N-ethyl adjacent to an activating group) is 1. The summed E-state index contributed by atoms with van der Waals surface area (Å²) in [6.45, 7) is 5.92. The number of fused-ring (bicyclic) bond motifs is 1. The van der Waals surface area contributed by atoms with E-state index in [4.69, 9.17) is 0 Å². The summed E-state index contributed by atoms with van der Waals surface area (Å²) in [6.07, 6.45) is 1.76. The first-order chi connectivity index (χ1) is 11.7. The fourth-order valence-electron chi connectivity index (χ4n) is 2.26. The second kappa shape index (κ2) is 7.23. The van der Waals surface area contributed by atoms with E-state index < -0.39 is 0 Å². The summed E-state index contributed by atoms with van der Waals surface area (Å²) in [7, 11) is 1.48. The second-order valence-electron chi connectivity index (χ2n) is 6.43. The number of imide groups is 1. The molecule has 0 saturated heterocycles. The Kier molecular flexibility index (Phi) is 5.47. The molecule has 0 atom stereocenters. The summed E-state index contributed by atoms with van der Waals surface area (Å²) in [6, 6.07) is 7.67. The van der Waals surface area contributed by atoms with Crippen LogP contribution in [0.25, 0.3) is 16.5 Å². The van der Waals surface area contributed by atoms with Gasteiger partial charge < -0.3 is 9.72 Å². The fraction of sp³-hybridized carbons (Fsp3) is 0.278. The lowest BCUT2D eigenvalue weighted by Gasteiger charge is -2.14. The van der Waals surface area contributed by atoms with Crippen LogP contribution in [-0.2, 0) is 19.1 Å². The van der Waals surface area contributed by atoms with Crippen LogP contribution < -0.4 is 0 Å². The minimum atomic E-state index is -0.318. The van der Waals surface area contributed by atoms with Crippen molar-refractivity contribution >= 4 is 50.7 Å². The average molecular weight is 407 g/mol. The molecule has 0 aliphatic carbocycles. The topological polar surface area (TPSA) is 79.5 Å². The lowest BCUT2D eigenvalue weighted by Crippen LogP contribution is -2.26. The van der Waals surface area contributed by atoms with E-state index in [1.807, 2.05) is 45.0 Å². The molecule has 0 radical (unpaired) electrons. The van der Waals surface area contributed by atoms with Gasteiger partial charge in [-0.2, -0.15) is 0 Å². The third-order valence-corrected chi connectivity index (χ3v) is 4.23. The molecular weight excluding hydrogens is 388 g/mol. The maximum atomic E-state index is 12.1. The Labute approximate surface area is 154 Å². The molecule has 0 fully saturated rings. The van der Waals surface area contributed by atoms with Gasteiger partial charge in [-0.25, -0.2) is 0 Å². The average Bonchev–Trinajstić information content (AvgIpc) is 3.03. The van der Waals surface area contributed by atoms with Gasteiger partial charge in [0.05, 0.1) is 10.1 Å². The van der Waals surface area contributed by atoms with Crippen molar-refractivity contribution in [3.63, 3.8) is 0 Å². The summed E-state index contributed by atoms with van der Waals surface area (Å²) in [4.78, 5) is 37.6. The van der Waals surface area contributed by atoms with Crippen LogP contribution in [0.4, 0.5) is 0 Å². The number of aromatic amines is 1. The van der Waals surface area contributed by atoms with Gasteiger partial charge in [-0.05, 0) is 42.8 Å². The quantitative estimate of drug-likeness (QED) is 0.613. The van der Waals surface area contributed by atoms with E-state index in [2.05, 4.69) is 25.7 Å². The first-order valence-electron chi connectivity index (χ1n) is 7.57. The Balaban J connectivity index is 0.000000277. The highest BCUT2D eigenvalue weighted by Gasteiger charge is 2.36. The molecule has 2 aromatic rings. The smallest absolute Gasteiger partial charge is 0.293 e. The van der Waals surface area contributed by atoms with Crippen molar-refractivity contribution in [2.45, 2.75) is 26.4 Å². The molecule has 1 aliphatic heterocycles. The molecule has 0 bridgehead atoms. The number of aromatic nitrogens is 1. The normalized spacial score (nSPS) is 14.7. The first-order valence-corrected chi connectivity index (χ1v) is 8.36. The molecule has 2 amide bonds. The van der Waals surface area contributed by atoms with Crippen molar-refractivity contribution in [3.05, 3.63) is 40.5 Å². The van der Waals surface area contributed by atoms with Gasteiger partial charge in [0.1, 0.15) is 5.60 Å². The van der Waals surface area contributed by atoms with Crippen LogP contribution in [-0.4, -0.2) is 40.8 Å². The number of benzene rings is 1. The molecule has 6 nitrogen and oxygen atoms in total. The third-order valence-electron chi connectivity index (χ3n) is 3.49. The summed E-state index contributed by atoms with van der Waals surface area (Å²) in [5.41, 5.74) is 1.79. The van der Waals surface area contributed by atoms with E-state index in [1.54, 1.807) is 6.20 Å². The summed E-state index contributed by atoms with van der Waals surface area (Å²) >= 11 is 3.21. The molecular formula is C18H19BrN2O4. The number of H-pyrrole nitrogens is 1. The summed E-state index contributed by atoms with van der Waals surface area (Å²) in [5.74, 6) is -0.586. The van der Waals surface area contributed by atoms with Gasteiger partial charge in [0.15, 0.2) is 0 Å². The number of hydrogen-bond acceptors (Lipinski definition) is 4. The molecule has 1 aliphatic rings. The Morgan fingerprint density at radius 2 is 1.80 bits per heavy atom. The molecule has 0 unspecified atom stereocenters. The van der Waals surface area contributed by atoms with E-state index in [0.717, 1.165) is 21.4 Å². The highest BCUT2D eigenvalue weighted by Crippen LogP contribution is 2.35. The second-order valence-corrected chi connectivity index (χ2v) is 7.23. The molecule has 132 valence electrons. The number of halogens is 1. The molecule has 0 spiro atoms. The molecule has 0 saturated carbocycles. The summed E-state index contributed by atoms with van der Waals surface area (Å²) < 4.78 is 4.87. The Morgan fingerprint density at radius 1 is 1.16 bits per heavy atom.